The Kier molecular flexibility index (Phi) is 5.73. The van der Waals surface area contributed by atoms with Crippen molar-refractivity contribution in [2.75, 3.05) is 5.32 Å². The molecule has 0 aliphatic rings. The molecular formula is C13H12BrN5O2S. The molecule has 1 aromatic heterocycles. The zero-order valence-corrected chi connectivity index (χ0v) is 13.9. The van der Waals surface area contributed by atoms with Crippen molar-refractivity contribution in [3.8, 4) is 0 Å². The highest BCUT2D eigenvalue weighted by atomic mass is 79.9. The number of amides is 2. The predicted octanol–water partition coefficient (Wildman–Crippen LogP) is 1.95. The summed E-state index contributed by atoms with van der Waals surface area (Å²) in [4.78, 5) is 22.6. The van der Waals surface area contributed by atoms with Crippen LogP contribution in [0, 0.1) is 0 Å². The summed E-state index contributed by atoms with van der Waals surface area (Å²) in [5.41, 5.74) is 3.28. The van der Waals surface area contributed by atoms with Crippen LogP contribution in [0.4, 0.5) is 5.13 Å². The second-order valence-corrected chi connectivity index (χ2v) is 6.18. The van der Waals surface area contributed by atoms with E-state index < -0.39 is 0 Å². The minimum absolute atomic E-state index is 0.0505. The molecule has 2 N–H and O–H groups in total. The van der Waals surface area contributed by atoms with Gasteiger partial charge in [0.1, 0.15) is 5.01 Å². The largest absolute Gasteiger partial charge is 0.301 e. The number of nitrogens with zero attached hydrogens (tertiary/aromatic N) is 3. The lowest BCUT2D eigenvalue weighted by molar-refractivity contribution is -0.120. The van der Waals surface area contributed by atoms with E-state index in [1.165, 1.54) is 6.92 Å². The molecule has 0 atom stereocenters. The molecule has 9 heteroatoms. The van der Waals surface area contributed by atoms with Crippen molar-refractivity contribution < 1.29 is 9.59 Å². The number of carbonyl (C=O) groups excluding carboxylic acids is 2. The van der Waals surface area contributed by atoms with Crippen molar-refractivity contribution >= 4 is 50.4 Å². The number of benzene rings is 1. The molecule has 7 nitrogen and oxygen atoms in total. The Labute approximate surface area is 139 Å². The van der Waals surface area contributed by atoms with Crippen LogP contribution in [-0.4, -0.2) is 28.2 Å². The Morgan fingerprint density at radius 1 is 1.32 bits per heavy atom. The third-order valence-electron chi connectivity index (χ3n) is 2.33. The maximum Gasteiger partial charge on any atom is 0.247 e. The fraction of sp³-hybridized carbons (Fsp3) is 0.154. The lowest BCUT2D eigenvalue weighted by Gasteiger charge is -1.97. The van der Waals surface area contributed by atoms with E-state index in [0.717, 1.165) is 21.4 Å². The Morgan fingerprint density at radius 3 is 2.73 bits per heavy atom. The molecule has 0 saturated heterocycles. The summed E-state index contributed by atoms with van der Waals surface area (Å²) < 4.78 is 0.972. The van der Waals surface area contributed by atoms with Crippen LogP contribution >= 0.6 is 27.3 Å². The first-order valence-electron chi connectivity index (χ1n) is 6.20. The van der Waals surface area contributed by atoms with Gasteiger partial charge in [-0.15, -0.1) is 10.2 Å². The van der Waals surface area contributed by atoms with E-state index in [4.69, 9.17) is 0 Å². The maximum atomic E-state index is 11.7. The van der Waals surface area contributed by atoms with Gasteiger partial charge in [-0.25, -0.2) is 5.43 Å². The molecule has 0 spiro atoms. The van der Waals surface area contributed by atoms with Crippen molar-refractivity contribution in [3.63, 3.8) is 0 Å². The standard InChI is InChI=1S/C13H12BrN5O2S/c1-8(20)16-13-19-18-12(22-13)6-11(21)17-15-7-9-2-4-10(14)5-3-9/h2-5,7H,6H2,1H3,(H,17,21)(H,16,19,20)/b15-7-. The lowest BCUT2D eigenvalue weighted by atomic mass is 10.2. The van der Waals surface area contributed by atoms with Crippen LogP contribution in [-0.2, 0) is 16.0 Å². The number of anilines is 1. The maximum absolute atomic E-state index is 11.7. The Balaban J connectivity index is 1.83. The van der Waals surface area contributed by atoms with Gasteiger partial charge in [0, 0.05) is 11.4 Å². The van der Waals surface area contributed by atoms with Crippen LogP contribution in [0.25, 0.3) is 0 Å². The molecular weight excluding hydrogens is 370 g/mol. The van der Waals surface area contributed by atoms with Crippen molar-refractivity contribution in [2.45, 2.75) is 13.3 Å². The first-order valence-corrected chi connectivity index (χ1v) is 7.81. The van der Waals surface area contributed by atoms with E-state index in [1.807, 2.05) is 24.3 Å². The van der Waals surface area contributed by atoms with Gasteiger partial charge in [0.25, 0.3) is 0 Å². The molecule has 0 aliphatic carbocycles. The van der Waals surface area contributed by atoms with Gasteiger partial charge in [-0.2, -0.15) is 5.10 Å². The predicted molar refractivity (Wildman–Crippen MR) is 87.8 cm³/mol. The molecule has 22 heavy (non-hydrogen) atoms. The highest BCUT2D eigenvalue weighted by molar-refractivity contribution is 9.10. The number of carbonyl (C=O) groups is 2. The second kappa shape index (κ2) is 7.76. The lowest BCUT2D eigenvalue weighted by Crippen LogP contribution is -2.19. The van der Waals surface area contributed by atoms with Gasteiger partial charge in [0.15, 0.2) is 0 Å². The van der Waals surface area contributed by atoms with E-state index in [1.54, 1.807) is 6.21 Å². The van der Waals surface area contributed by atoms with Gasteiger partial charge >= 0.3 is 0 Å². The van der Waals surface area contributed by atoms with Crippen molar-refractivity contribution in [1.82, 2.24) is 15.6 Å². The van der Waals surface area contributed by atoms with Crippen LogP contribution in [0.15, 0.2) is 33.8 Å². The highest BCUT2D eigenvalue weighted by Crippen LogP contribution is 2.15. The number of aromatic nitrogens is 2. The zero-order valence-electron chi connectivity index (χ0n) is 11.5. The summed E-state index contributed by atoms with van der Waals surface area (Å²) in [5, 5.41) is 14.8. The number of rotatable bonds is 5. The molecule has 0 unspecified atom stereocenters. The Hall–Kier alpha value is -2.13. The van der Waals surface area contributed by atoms with Crippen molar-refractivity contribution in [2.24, 2.45) is 5.10 Å². The summed E-state index contributed by atoms with van der Waals surface area (Å²) in [6, 6.07) is 7.50. The fourth-order valence-electron chi connectivity index (χ4n) is 1.43. The molecule has 2 aromatic rings. The van der Waals surface area contributed by atoms with Crippen LogP contribution in [0.5, 0.6) is 0 Å². The topological polar surface area (TPSA) is 96.3 Å². The van der Waals surface area contributed by atoms with Gasteiger partial charge in [0.2, 0.25) is 16.9 Å². The Morgan fingerprint density at radius 2 is 2.05 bits per heavy atom. The molecule has 1 heterocycles. The van der Waals surface area contributed by atoms with Crippen LogP contribution in [0.3, 0.4) is 0 Å². The first-order chi connectivity index (χ1) is 10.5. The Bertz CT molecular complexity index is 699. The SMILES string of the molecule is CC(=O)Nc1nnc(CC(=O)N/N=C\c2ccc(Br)cc2)s1. The second-order valence-electron chi connectivity index (χ2n) is 4.20. The van der Waals surface area contributed by atoms with Crippen molar-refractivity contribution in [3.05, 3.63) is 39.3 Å². The highest BCUT2D eigenvalue weighted by Gasteiger charge is 2.09. The molecule has 0 aliphatic heterocycles. The molecule has 2 amide bonds. The van der Waals surface area contributed by atoms with Crippen LogP contribution in [0.2, 0.25) is 0 Å². The van der Waals surface area contributed by atoms with E-state index >= 15 is 0 Å². The summed E-state index contributed by atoms with van der Waals surface area (Å²) in [6.07, 6.45) is 1.60. The van der Waals surface area contributed by atoms with Crippen molar-refractivity contribution in [1.29, 1.82) is 0 Å². The minimum atomic E-state index is -0.307. The quantitative estimate of drug-likeness (QED) is 0.610. The summed E-state index contributed by atoms with van der Waals surface area (Å²) in [6.45, 7) is 1.38. The third-order valence-corrected chi connectivity index (χ3v) is 3.70. The van der Waals surface area contributed by atoms with E-state index in [0.29, 0.717) is 10.1 Å². The molecule has 1 aromatic carbocycles. The molecule has 2 rings (SSSR count). The average molecular weight is 382 g/mol. The van der Waals surface area contributed by atoms with E-state index in [9.17, 15) is 9.59 Å². The smallest absolute Gasteiger partial charge is 0.247 e. The van der Waals surface area contributed by atoms with Gasteiger partial charge in [0.05, 0.1) is 12.6 Å². The number of nitrogens with one attached hydrogen (secondary N) is 2. The summed E-state index contributed by atoms with van der Waals surface area (Å²) in [7, 11) is 0. The van der Waals surface area contributed by atoms with E-state index in [-0.39, 0.29) is 18.2 Å². The number of hydrogen-bond donors (Lipinski definition) is 2. The first kappa shape index (κ1) is 16.2. The monoisotopic (exact) mass is 381 g/mol. The molecule has 0 saturated carbocycles. The average Bonchev–Trinajstić information content (AvgIpc) is 2.87. The normalized spacial score (nSPS) is 10.6. The number of hydrazone groups is 1. The number of hydrogen-bond acceptors (Lipinski definition) is 6. The third kappa shape index (κ3) is 5.34. The minimum Gasteiger partial charge on any atom is -0.301 e. The van der Waals surface area contributed by atoms with Crippen LogP contribution in [0.1, 0.15) is 17.5 Å². The fourth-order valence-corrected chi connectivity index (χ4v) is 2.48. The molecule has 0 fully saturated rings. The van der Waals surface area contributed by atoms with Gasteiger partial charge in [-0.3, -0.25) is 9.59 Å². The number of halogens is 1. The van der Waals surface area contributed by atoms with Gasteiger partial charge in [-0.05, 0) is 17.7 Å². The summed E-state index contributed by atoms with van der Waals surface area (Å²) >= 11 is 4.49. The van der Waals surface area contributed by atoms with Gasteiger partial charge in [-0.1, -0.05) is 39.4 Å². The molecule has 0 bridgehead atoms. The molecule has 114 valence electrons. The van der Waals surface area contributed by atoms with Gasteiger partial charge < -0.3 is 5.32 Å². The summed E-state index contributed by atoms with van der Waals surface area (Å²) in [5.74, 6) is -0.537. The van der Waals surface area contributed by atoms with Crippen LogP contribution < -0.4 is 10.7 Å². The molecule has 0 radical (unpaired) electrons. The van der Waals surface area contributed by atoms with E-state index in [2.05, 4.69) is 42.0 Å². The zero-order chi connectivity index (χ0) is 15.9.